The number of fused-ring (bicyclic) bond motifs is 4. The SMILES string of the molecule is COCC1=CC(C2(c3cc(C)c(O)c(COC)c3)c3ccccc3-c3ccccc32)CC(C)=C1O.COCN1C(=O)N(COC)C2C1N(COC)C(=O)N2COC.COCc1cc(C(C)(C)c2ccc(C(C)(c3cc(COC)c(O)c(COC)c3)c3cc(COC)c(O)c(COC)c3)cc2)cc(COC)c1O. The van der Waals surface area contributed by atoms with Crippen LogP contribution in [0.15, 0.2) is 144 Å². The van der Waals surface area contributed by atoms with Gasteiger partial charge in [-0.05, 0) is 142 Å². The maximum atomic E-state index is 12.6. The van der Waals surface area contributed by atoms with Crippen LogP contribution in [0.25, 0.3) is 11.1 Å². The number of aromatic hydroxyl groups is 4. The van der Waals surface area contributed by atoms with Crippen molar-refractivity contribution in [3.05, 3.63) is 233 Å². The quantitative estimate of drug-likeness (QED) is 0.0253. The number of urea groups is 2. The lowest BCUT2D eigenvalue weighted by molar-refractivity contribution is -0.0135. The van der Waals surface area contributed by atoms with Gasteiger partial charge in [-0.2, -0.15) is 0 Å². The summed E-state index contributed by atoms with van der Waals surface area (Å²) in [4.78, 5) is 31.0. The molecule has 0 aromatic heterocycles. The molecule has 11 rings (SSSR count). The molecule has 5 N–H and O–H groups in total. The fraction of sp³-hybridized carbons (Fsp3) is 0.429. The van der Waals surface area contributed by atoms with Gasteiger partial charge in [0.15, 0.2) is 12.3 Å². The molecule has 0 saturated carbocycles. The third-order valence-corrected chi connectivity index (χ3v) is 20.9. The van der Waals surface area contributed by atoms with Crippen molar-refractivity contribution in [3.8, 4) is 34.1 Å². The molecule has 4 aliphatic rings. The summed E-state index contributed by atoms with van der Waals surface area (Å²) in [6, 6.07) is 41.3. The monoisotopic (exact) mass is 1470 g/mol. The molecule has 2 aliphatic heterocycles. The number of ether oxygens (including phenoxy) is 12. The summed E-state index contributed by atoms with van der Waals surface area (Å²) < 4.78 is 64.1. The molecule has 23 heteroatoms. The highest BCUT2D eigenvalue weighted by molar-refractivity contribution is 5.86. The largest absolute Gasteiger partial charge is 0.508 e. The minimum atomic E-state index is -0.782. The number of benzene rings is 7. The number of aryl methyl sites for hydroxylation is 1. The Balaban J connectivity index is 0.000000200. The van der Waals surface area contributed by atoms with Crippen LogP contribution in [0, 0.1) is 12.8 Å². The second-order valence-electron chi connectivity index (χ2n) is 28.0. The summed E-state index contributed by atoms with van der Waals surface area (Å²) in [5.41, 5.74) is 16.5. The normalized spacial score (nSPS) is 16.7. The second-order valence-corrected chi connectivity index (χ2v) is 28.0. The summed E-state index contributed by atoms with van der Waals surface area (Å²) in [6.07, 6.45) is 1.86. The second kappa shape index (κ2) is 36.3. The first-order valence-corrected chi connectivity index (χ1v) is 35.3. The smallest absolute Gasteiger partial charge is 0.327 e. The van der Waals surface area contributed by atoms with E-state index < -0.39 is 28.6 Å². The van der Waals surface area contributed by atoms with Crippen molar-refractivity contribution in [3.63, 3.8) is 0 Å². The number of phenols is 4. The first-order chi connectivity index (χ1) is 51.4. The fourth-order valence-corrected chi connectivity index (χ4v) is 15.7. The molecule has 1 atom stereocenters. The van der Waals surface area contributed by atoms with E-state index in [1.54, 1.807) is 56.9 Å². The number of aliphatic hydroxyl groups excluding tert-OH is 1. The molecule has 2 saturated heterocycles. The Kier molecular flexibility index (Phi) is 27.9. The third kappa shape index (κ3) is 16.2. The van der Waals surface area contributed by atoms with Crippen molar-refractivity contribution in [2.45, 2.75) is 116 Å². The molecule has 7 aromatic carbocycles. The predicted octanol–water partition coefficient (Wildman–Crippen LogP) is 13.5. The Morgan fingerprint density at radius 2 is 0.720 bits per heavy atom. The average molecular weight is 1480 g/mol. The van der Waals surface area contributed by atoms with Crippen molar-refractivity contribution < 1.29 is 92.0 Å². The van der Waals surface area contributed by atoms with E-state index in [0.717, 1.165) is 55.7 Å². The van der Waals surface area contributed by atoms with Crippen LogP contribution in [0.2, 0.25) is 0 Å². The zero-order valence-electron chi connectivity index (χ0n) is 64.8. The van der Waals surface area contributed by atoms with Crippen molar-refractivity contribution in [2.75, 3.05) is 119 Å². The highest BCUT2D eigenvalue weighted by atomic mass is 16.5. The number of rotatable bonds is 31. The number of nitrogens with zero attached hydrogens (tertiary/aromatic N) is 4. The van der Waals surface area contributed by atoms with Crippen LogP contribution >= 0.6 is 0 Å². The van der Waals surface area contributed by atoms with Crippen LogP contribution in [0.4, 0.5) is 9.59 Å². The summed E-state index contributed by atoms with van der Waals surface area (Å²) in [6.45, 7) is 12.7. The first kappa shape index (κ1) is 82.1. The summed E-state index contributed by atoms with van der Waals surface area (Å²) in [7, 11) is 18.9. The van der Waals surface area contributed by atoms with Crippen LogP contribution in [0.5, 0.6) is 23.0 Å². The van der Waals surface area contributed by atoms with Crippen molar-refractivity contribution in [2.24, 2.45) is 5.92 Å². The Labute approximate surface area is 628 Å². The molecule has 576 valence electrons. The molecule has 2 fully saturated rings. The zero-order valence-corrected chi connectivity index (χ0v) is 64.8. The van der Waals surface area contributed by atoms with Gasteiger partial charge in [-0.15, -0.1) is 0 Å². The molecule has 1 unspecified atom stereocenters. The highest BCUT2D eigenvalue weighted by Gasteiger charge is 2.59. The van der Waals surface area contributed by atoms with E-state index in [9.17, 15) is 35.1 Å². The molecule has 0 radical (unpaired) electrons. The number of carbonyl (C=O) groups excluding carboxylic acids is 2. The minimum absolute atomic E-state index is 0.0349. The van der Waals surface area contributed by atoms with Gasteiger partial charge in [-0.1, -0.05) is 98.8 Å². The van der Waals surface area contributed by atoms with Crippen molar-refractivity contribution in [1.29, 1.82) is 0 Å². The molecule has 23 nitrogen and oxygen atoms in total. The maximum Gasteiger partial charge on any atom is 0.327 e. The van der Waals surface area contributed by atoms with Gasteiger partial charge in [-0.3, -0.25) is 19.6 Å². The van der Waals surface area contributed by atoms with Crippen LogP contribution < -0.4 is 0 Å². The highest BCUT2D eigenvalue weighted by Crippen LogP contribution is 2.60. The molecular weight excluding hydrogens is 1370 g/mol. The number of allylic oxidation sites excluding steroid dienone is 2. The lowest BCUT2D eigenvalue weighted by Gasteiger charge is -2.42. The van der Waals surface area contributed by atoms with E-state index in [0.29, 0.717) is 58.8 Å². The van der Waals surface area contributed by atoms with Gasteiger partial charge in [0.1, 0.15) is 55.7 Å². The number of hydrogen-bond donors (Lipinski definition) is 5. The molecule has 2 aliphatic carbocycles. The molecule has 0 bridgehead atoms. The number of hydrogen-bond acceptors (Lipinski definition) is 19. The Hall–Kier alpha value is -8.92. The van der Waals surface area contributed by atoms with E-state index >= 15 is 0 Å². The zero-order chi connectivity index (χ0) is 77.7. The van der Waals surface area contributed by atoms with E-state index in [1.165, 1.54) is 70.3 Å². The number of carbonyl (C=O) groups is 2. The lowest BCUT2D eigenvalue weighted by atomic mass is 9.60. The van der Waals surface area contributed by atoms with Crippen molar-refractivity contribution >= 4 is 12.1 Å². The van der Waals surface area contributed by atoms with E-state index in [2.05, 4.69) is 112 Å². The van der Waals surface area contributed by atoms with Crippen molar-refractivity contribution in [1.82, 2.24) is 19.6 Å². The lowest BCUT2D eigenvalue weighted by Crippen LogP contribution is -2.48. The number of phenolic OH excluding ortho intramolecular Hbond substituents is 4. The Bertz CT molecular complexity index is 4040. The minimum Gasteiger partial charge on any atom is -0.508 e. The van der Waals surface area contributed by atoms with Crippen LogP contribution in [-0.4, -0.2) is 188 Å². The van der Waals surface area contributed by atoms with E-state index in [1.807, 2.05) is 50.2 Å². The van der Waals surface area contributed by atoms with Gasteiger partial charge in [-0.25, -0.2) is 9.59 Å². The fourth-order valence-electron chi connectivity index (χ4n) is 15.7. The average Bonchev–Trinajstić information content (AvgIpc) is 1.57. The van der Waals surface area contributed by atoms with Gasteiger partial charge >= 0.3 is 12.1 Å². The predicted molar refractivity (Wildman–Crippen MR) is 405 cm³/mol. The molecule has 7 aromatic rings. The molecule has 107 heavy (non-hydrogen) atoms. The molecule has 0 spiro atoms. The van der Waals surface area contributed by atoms with Crippen LogP contribution in [-0.2, 0) is 119 Å². The van der Waals surface area contributed by atoms with E-state index in [4.69, 9.17) is 56.8 Å². The van der Waals surface area contributed by atoms with Crippen LogP contribution in [0.3, 0.4) is 0 Å². The van der Waals surface area contributed by atoms with Gasteiger partial charge in [0.25, 0.3) is 0 Å². The summed E-state index contributed by atoms with van der Waals surface area (Å²) in [5.74, 6) is 1.10. The number of aliphatic hydroxyl groups is 1. The van der Waals surface area contributed by atoms with E-state index in [-0.39, 0.29) is 108 Å². The molecule has 2 heterocycles. The van der Waals surface area contributed by atoms with Gasteiger partial charge in [0.05, 0.1) is 58.3 Å². The van der Waals surface area contributed by atoms with Gasteiger partial charge < -0.3 is 82.4 Å². The summed E-state index contributed by atoms with van der Waals surface area (Å²) >= 11 is 0. The topological polar surface area (TPSA) is 259 Å². The standard InChI is InChI=1S/C41H52O9.C31H32O4.C12H22N4O6/c1-40(2,34-14-26(20-45-4)37(42)27(15-34)21-46-5)32-10-12-33(13-11-32)41(3,35-16-28(22-47-6)38(43)29(17-35)23-48-7)36-18-30(24-49-8)39(44)31(19-36)25-50-9;1-19-13-23(15-21(17-34-3)29(19)32)31(24-14-20(2)30(33)22(16-24)18-35-4)27-11-7-5-9-25(27)26-10-6-8-12-28(26)31;1-19-5-13-9-10(15(7-21-3)11(13)17)16(8-22-4)12(18)14(9)6-20-2/h10-19,42-44H,20-25H2,1-9H3;5-13,15-16,24,32-33H,14,17-18H2,1-4H3;9-10H,5-8H2,1-4H3. The molecular formula is C84H106N4O19. The van der Waals surface area contributed by atoms with Crippen LogP contribution in [0.1, 0.15) is 123 Å². The third-order valence-electron chi connectivity index (χ3n) is 20.9. The number of amides is 4. The molecule has 4 amide bonds. The summed E-state index contributed by atoms with van der Waals surface area (Å²) in [5, 5.41) is 54.8. The number of methoxy groups -OCH3 is 12. The first-order valence-electron chi connectivity index (χ1n) is 35.3. The van der Waals surface area contributed by atoms with Gasteiger partial charge in [0, 0.05) is 141 Å². The maximum absolute atomic E-state index is 12.6. The van der Waals surface area contributed by atoms with Gasteiger partial charge in [0.2, 0.25) is 0 Å². The Morgan fingerprint density at radius 1 is 0.393 bits per heavy atom. The Morgan fingerprint density at radius 3 is 1.07 bits per heavy atom.